The Labute approximate surface area is 121 Å². The van der Waals surface area contributed by atoms with Gasteiger partial charge in [0, 0.05) is 23.3 Å². The van der Waals surface area contributed by atoms with Gasteiger partial charge in [-0.25, -0.2) is 9.67 Å². The molecule has 1 N–H and O–H groups in total. The Balaban J connectivity index is 1.83. The summed E-state index contributed by atoms with van der Waals surface area (Å²) in [5, 5.41) is 12.6. The van der Waals surface area contributed by atoms with E-state index in [9.17, 15) is 0 Å². The predicted molar refractivity (Wildman–Crippen MR) is 81.2 cm³/mol. The summed E-state index contributed by atoms with van der Waals surface area (Å²) in [6, 6.07) is 9.92. The van der Waals surface area contributed by atoms with Gasteiger partial charge < -0.3 is 0 Å². The van der Waals surface area contributed by atoms with Crippen molar-refractivity contribution < 1.29 is 0 Å². The molecule has 0 unspecified atom stereocenters. The number of aryl methyl sites for hydroxylation is 1. The van der Waals surface area contributed by atoms with Crippen LogP contribution in [0, 0.1) is 6.92 Å². The molecule has 4 rings (SSSR count). The summed E-state index contributed by atoms with van der Waals surface area (Å²) in [6.07, 6.45) is 7.48. The molecular formula is C16H13N5. The lowest BCUT2D eigenvalue weighted by Crippen LogP contribution is -1.96. The fraction of sp³-hybridized carbons (Fsp3) is 0.0625. The molecule has 0 aliphatic carbocycles. The Morgan fingerprint density at radius 3 is 2.90 bits per heavy atom. The maximum atomic E-state index is 4.40. The van der Waals surface area contributed by atoms with Gasteiger partial charge in [0.25, 0.3) is 0 Å². The van der Waals surface area contributed by atoms with Crippen LogP contribution >= 0.6 is 0 Å². The predicted octanol–water partition coefficient (Wildman–Crippen LogP) is 3.12. The fourth-order valence-electron chi connectivity index (χ4n) is 2.55. The van der Waals surface area contributed by atoms with Gasteiger partial charge in [-0.05, 0) is 36.2 Å². The quantitative estimate of drug-likeness (QED) is 0.611. The summed E-state index contributed by atoms with van der Waals surface area (Å²) < 4.78 is 1.79. The highest BCUT2D eigenvalue weighted by Gasteiger charge is 2.09. The third-order valence-electron chi connectivity index (χ3n) is 3.67. The molecule has 5 heteroatoms. The van der Waals surface area contributed by atoms with E-state index in [1.165, 1.54) is 5.56 Å². The molecule has 0 atom stereocenters. The number of hydrogen-bond acceptors (Lipinski definition) is 3. The Hall–Kier alpha value is -2.95. The minimum absolute atomic E-state index is 0.811. The first kappa shape index (κ1) is 11.8. The first-order valence-electron chi connectivity index (χ1n) is 6.72. The van der Waals surface area contributed by atoms with E-state index in [0.717, 1.165) is 27.8 Å². The highest BCUT2D eigenvalue weighted by atomic mass is 15.3. The second kappa shape index (κ2) is 4.56. The molecule has 5 nitrogen and oxygen atoms in total. The van der Waals surface area contributed by atoms with Gasteiger partial charge in [-0.3, -0.25) is 5.10 Å². The highest BCUT2D eigenvalue weighted by molar-refractivity contribution is 5.88. The minimum Gasteiger partial charge on any atom is -0.278 e. The van der Waals surface area contributed by atoms with E-state index in [1.807, 2.05) is 42.9 Å². The Morgan fingerprint density at radius 1 is 1.10 bits per heavy atom. The van der Waals surface area contributed by atoms with Crippen LogP contribution in [0.4, 0.5) is 0 Å². The summed E-state index contributed by atoms with van der Waals surface area (Å²) in [5.41, 5.74) is 4.47. The molecule has 21 heavy (non-hydrogen) atoms. The number of fused-ring (bicyclic) bond motifs is 1. The van der Waals surface area contributed by atoms with Crippen LogP contribution in [0.5, 0.6) is 0 Å². The number of benzene rings is 1. The van der Waals surface area contributed by atoms with Crippen LogP contribution in [-0.4, -0.2) is 25.0 Å². The lowest BCUT2D eigenvalue weighted by Gasteiger charge is -2.04. The topological polar surface area (TPSA) is 59.4 Å². The van der Waals surface area contributed by atoms with Gasteiger partial charge in [-0.15, -0.1) is 0 Å². The molecule has 0 spiro atoms. The first-order valence-corrected chi connectivity index (χ1v) is 6.72. The SMILES string of the molecule is Cc1c(-c2cnn(-c3ccccn3)c2)ccc2[nH]ncc12. The van der Waals surface area contributed by atoms with Crippen molar-refractivity contribution in [2.45, 2.75) is 6.92 Å². The smallest absolute Gasteiger partial charge is 0.153 e. The third kappa shape index (κ3) is 1.90. The molecule has 3 aromatic heterocycles. The van der Waals surface area contributed by atoms with Crippen molar-refractivity contribution >= 4 is 10.9 Å². The van der Waals surface area contributed by atoms with Crippen molar-refractivity contribution in [1.29, 1.82) is 0 Å². The van der Waals surface area contributed by atoms with E-state index in [1.54, 1.807) is 10.9 Å². The van der Waals surface area contributed by atoms with Gasteiger partial charge in [0.1, 0.15) is 0 Å². The largest absolute Gasteiger partial charge is 0.278 e. The molecule has 102 valence electrons. The van der Waals surface area contributed by atoms with Crippen molar-refractivity contribution in [1.82, 2.24) is 25.0 Å². The number of aromatic amines is 1. The number of nitrogens with one attached hydrogen (secondary N) is 1. The molecule has 0 fully saturated rings. The zero-order chi connectivity index (χ0) is 14.2. The maximum absolute atomic E-state index is 4.40. The summed E-state index contributed by atoms with van der Waals surface area (Å²) in [5.74, 6) is 0.811. The third-order valence-corrected chi connectivity index (χ3v) is 3.67. The number of hydrogen-bond donors (Lipinski definition) is 1. The molecule has 3 heterocycles. The van der Waals surface area contributed by atoms with Crippen molar-refractivity contribution in [3.63, 3.8) is 0 Å². The molecular weight excluding hydrogens is 262 g/mol. The second-order valence-electron chi connectivity index (χ2n) is 4.93. The van der Waals surface area contributed by atoms with Crippen LogP contribution in [0.15, 0.2) is 55.1 Å². The summed E-state index contributed by atoms with van der Waals surface area (Å²) >= 11 is 0. The van der Waals surface area contributed by atoms with Gasteiger partial charge in [-0.1, -0.05) is 12.1 Å². The minimum atomic E-state index is 0.811. The van der Waals surface area contributed by atoms with Gasteiger partial charge in [0.2, 0.25) is 0 Å². The molecule has 0 aliphatic heterocycles. The Bertz CT molecular complexity index is 905. The Morgan fingerprint density at radius 2 is 2.05 bits per heavy atom. The average Bonchev–Trinajstić information content (AvgIpc) is 3.18. The van der Waals surface area contributed by atoms with E-state index >= 15 is 0 Å². The van der Waals surface area contributed by atoms with E-state index in [4.69, 9.17) is 0 Å². The number of aromatic nitrogens is 5. The van der Waals surface area contributed by atoms with E-state index < -0.39 is 0 Å². The summed E-state index contributed by atoms with van der Waals surface area (Å²) in [6.45, 7) is 2.10. The zero-order valence-electron chi connectivity index (χ0n) is 11.5. The summed E-state index contributed by atoms with van der Waals surface area (Å²) in [7, 11) is 0. The fourth-order valence-corrected chi connectivity index (χ4v) is 2.55. The van der Waals surface area contributed by atoms with Crippen molar-refractivity contribution in [2.24, 2.45) is 0 Å². The second-order valence-corrected chi connectivity index (χ2v) is 4.93. The normalized spacial score (nSPS) is 11.1. The molecule has 0 radical (unpaired) electrons. The lowest BCUT2D eigenvalue weighted by molar-refractivity contribution is 0.847. The van der Waals surface area contributed by atoms with Gasteiger partial charge in [-0.2, -0.15) is 10.2 Å². The number of nitrogens with zero attached hydrogens (tertiary/aromatic N) is 4. The molecule has 4 aromatic rings. The van der Waals surface area contributed by atoms with Gasteiger partial charge >= 0.3 is 0 Å². The molecule has 0 saturated carbocycles. The van der Waals surface area contributed by atoms with Crippen LogP contribution < -0.4 is 0 Å². The van der Waals surface area contributed by atoms with Crippen LogP contribution in [0.1, 0.15) is 5.56 Å². The molecule has 1 aromatic carbocycles. The zero-order valence-corrected chi connectivity index (χ0v) is 11.5. The molecule has 0 aliphatic rings. The van der Waals surface area contributed by atoms with Crippen molar-refractivity contribution in [3.8, 4) is 16.9 Å². The first-order chi connectivity index (χ1) is 10.3. The van der Waals surface area contributed by atoms with Gasteiger partial charge in [0.15, 0.2) is 5.82 Å². The van der Waals surface area contributed by atoms with Crippen LogP contribution in [-0.2, 0) is 0 Å². The number of pyridine rings is 1. The lowest BCUT2D eigenvalue weighted by atomic mass is 10.0. The van der Waals surface area contributed by atoms with Gasteiger partial charge in [0.05, 0.1) is 17.9 Å². The number of H-pyrrole nitrogens is 1. The average molecular weight is 275 g/mol. The van der Waals surface area contributed by atoms with Crippen LogP contribution in [0.25, 0.3) is 27.8 Å². The Kier molecular flexibility index (Phi) is 2.57. The van der Waals surface area contributed by atoms with Crippen LogP contribution in [0.2, 0.25) is 0 Å². The van der Waals surface area contributed by atoms with E-state index in [0.29, 0.717) is 0 Å². The molecule has 0 bridgehead atoms. The van der Waals surface area contributed by atoms with E-state index in [2.05, 4.69) is 33.3 Å². The van der Waals surface area contributed by atoms with Crippen molar-refractivity contribution in [3.05, 3.63) is 60.7 Å². The summed E-state index contributed by atoms with van der Waals surface area (Å²) in [4.78, 5) is 4.31. The van der Waals surface area contributed by atoms with Crippen LogP contribution in [0.3, 0.4) is 0 Å². The highest BCUT2D eigenvalue weighted by Crippen LogP contribution is 2.28. The molecule has 0 amide bonds. The monoisotopic (exact) mass is 275 g/mol. The van der Waals surface area contributed by atoms with E-state index in [-0.39, 0.29) is 0 Å². The maximum Gasteiger partial charge on any atom is 0.153 e. The van der Waals surface area contributed by atoms with Crippen molar-refractivity contribution in [2.75, 3.05) is 0 Å². The molecule has 0 saturated heterocycles. The number of rotatable bonds is 2. The standard InChI is InChI=1S/C16H13N5/c1-11-13(5-6-15-14(11)9-18-20-15)12-8-19-21(10-12)16-4-2-3-7-17-16/h2-10H,1H3,(H,18,20).